The molecule has 1 saturated heterocycles. The highest BCUT2D eigenvalue weighted by molar-refractivity contribution is 9.10. The van der Waals surface area contributed by atoms with E-state index in [1.54, 1.807) is 38.1 Å². The lowest BCUT2D eigenvalue weighted by Crippen LogP contribution is -2.43. The minimum atomic E-state index is -1.08. The number of benzene rings is 2. The van der Waals surface area contributed by atoms with Gasteiger partial charge in [-0.25, -0.2) is 14.1 Å². The first-order valence-corrected chi connectivity index (χ1v) is 10.3. The van der Waals surface area contributed by atoms with Crippen molar-refractivity contribution in [1.29, 1.82) is 5.26 Å². The molecule has 3 amide bonds. The van der Waals surface area contributed by atoms with Crippen molar-refractivity contribution in [1.82, 2.24) is 4.90 Å². The van der Waals surface area contributed by atoms with Gasteiger partial charge in [-0.1, -0.05) is 42.8 Å². The molecule has 3 rings (SSSR count). The van der Waals surface area contributed by atoms with Crippen molar-refractivity contribution in [3.05, 3.63) is 63.4 Å². The van der Waals surface area contributed by atoms with Gasteiger partial charge in [-0.2, -0.15) is 5.26 Å². The first kappa shape index (κ1) is 22.0. The van der Waals surface area contributed by atoms with Crippen molar-refractivity contribution in [3.8, 4) is 6.07 Å². The van der Waals surface area contributed by atoms with Crippen LogP contribution in [0, 0.1) is 17.1 Å². The van der Waals surface area contributed by atoms with E-state index in [4.69, 9.17) is 0 Å². The molecule has 0 spiro atoms. The summed E-state index contributed by atoms with van der Waals surface area (Å²) < 4.78 is 14.0. The highest BCUT2D eigenvalue weighted by atomic mass is 79.9. The van der Waals surface area contributed by atoms with Crippen LogP contribution in [0.15, 0.2) is 40.9 Å². The van der Waals surface area contributed by atoms with Crippen LogP contribution in [0.3, 0.4) is 0 Å². The Balaban J connectivity index is 2.03. The van der Waals surface area contributed by atoms with Crippen LogP contribution < -0.4 is 4.90 Å². The Kier molecular flexibility index (Phi) is 5.50. The van der Waals surface area contributed by atoms with Gasteiger partial charge in [0.2, 0.25) is 0 Å². The van der Waals surface area contributed by atoms with Gasteiger partial charge in [0, 0.05) is 11.0 Å². The molecule has 0 unspecified atom stereocenters. The third-order valence-corrected chi connectivity index (χ3v) is 6.10. The van der Waals surface area contributed by atoms with Gasteiger partial charge in [0.1, 0.15) is 11.4 Å². The topological polar surface area (TPSA) is 64.4 Å². The molecule has 2 aromatic carbocycles. The maximum Gasteiger partial charge on any atom is 0.332 e. The van der Waals surface area contributed by atoms with Gasteiger partial charge < -0.3 is 4.90 Å². The van der Waals surface area contributed by atoms with Crippen LogP contribution in [0.4, 0.5) is 14.9 Å². The Morgan fingerprint density at radius 3 is 2.37 bits per heavy atom. The number of halogens is 2. The monoisotopic (exact) mass is 471 g/mol. The van der Waals surface area contributed by atoms with Crippen molar-refractivity contribution in [2.75, 3.05) is 4.90 Å². The number of amides is 3. The van der Waals surface area contributed by atoms with Crippen LogP contribution in [-0.2, 0) is 16.8 Å². The summed E-state index contributed by atoms with van der Waals surface area (Å²) in [7, 11) is 0. The Labute approximate surface area is 184 Å². The van der Waals surface area contributed by atoms with E-state index < -0.39 is 11.6 Å². The molecule has 1 heterocycles. The predicted molar refractivity (Wildman–Crippen MR) is 116 cm³/mol. The van der Waals surface area contributed by atoms with E-state index in [2.05, 4.69) is 22.0 Å². The van der Waals surface area contributed by atoms with Crippen LogP contribution in [0.5, 0.6) is 0 Å². The fourth-order valence-corrected chi connectivity index (χ4v) is 4.01. The van der Waals surface area contributed by atoms with Gasteiger partial charge in [-0.3, -0.25) is 4.79 Å². The zero-order chi connectivity index (χ0) is 22.4. The molecular formula is C23H23BrFN3O2. The van der Waals surface area contributed by atoms with Gasteiger partial charge in [0.15, 0.2) is 0 Å². The molecule has 5 nitrogen and oxygen atoms in total. The molecule has 30 heavy (non-hydrogen) atoms. The molecule has 0 radical (unpaired) electrons. The van der Waals surface area contributed by atoms with E-state index in [1.165, 1.54) is 17.0 Å². The lowest BCUT2D eigenvalue weighted by atomic mass is 9.83. The fraction of sp³-hybridized carbons (Fsp3) is 0.348. The molecule has 156 valence electrons. The number of rotatable bonds is 3. The summed E-state index contributed by atoms with van der Waals surface area (Å²) in [4.78, 5) is 29.2. The highest BCUT2D eigenvalue weighted by Crippen LogP contribution is 2.37. The van der Waals surface area contributed by atoms with Crippen LogP contribution in [0.25, 0.3) is 0 Å². The second-order valence-electron chi connectivity index (χ2n) is 8.90. The Bertz CT molecular complexity index is 1080. The minimum Gasteiger partial charge on any atom is -0.305 e. The zero-order valence-electron chi connectivity index (χ0n) is 17.6. The number of carbonyl (C=O) groups is 2. The third kappa shape index (κ3) is 3.72. The Hall–Kier alpha value is -2.72. The maximum atomic E-state index is 13.4. The van der Waals surface area contributed by atoms with Crippen LogP contribution in [0.1, 0.15) is 51.3 Å². The summed E-state index contributed by atoms with van der Waals surface area (Å²) in [6.45, 7) is 9.46. The van der Waals surface area contributed by atoms with Crippen LogP contribution >= 0.6 is 15.9 Å². The highest BCUT2D eigenvalue weighted by Gasteiger charge is 2.52. The summed E-state index contributed by atoms with van der Waals surface area (Å²) in [6.07, 6.45) is 0. The second-order valence-corrected chi connectivity index (χ2v) is 9.75. The summed E-state index contributed by atoms with van der Waals surface area (Å²) >= 11 is 3.33. The Morgan fingerprint density at radius 2 is 1.80 bits per heavy atom. The molecule has 2 aromatic rings. The maximum absolute atomic E-state index is 13.4. The largest absolute Gasteiger partial charge is 0.332 e. The quantitative estimate of drug-likeness (QED) is 0.554. The molecule has 0 saturated carbocycles. The average molecular weight is 472 g/mol. The standard InChI is InChI=1S/C23H23BrFN3O2/c1-22(2,3)18-11-17(9-7-14(18)12-26)28-20(29)23(4,5)27(21(28)30)13-15-6-8-16(25)10-19(15)24/h6-11H,13H2,1-5H3. The van der Waals surface area contributed by atoms with Crippen molar-refractivity contribution in [2.24, 2.45) is 0 Å². The van der Waals surface area contributed by atoms with Gasteiger partial charge in [-0.15, -0.1) is 0 Å². The summed E-state index contributed by atoms with van der Waals surface area (Å²) in [5.74, 6) is -0.738. The van der Waals surface area contributed by atoms with Crippen LogP contribution in [0.2, 0.25) is 0 Å². The molecule has 0 aromatic heterocycles. The van der Waals surface area contributed by atoms with Crippen molar-refractivity contribution in [3.63, 3.8) is 0 Å². The van der Waals surface area contributed by atoms with E-state index in [-0.39, 0.29) is 23.7 Å². The number of nitrogens with zero attached hydrogens (tertiary/aromatic N) is 3. The van der Waals surface area contributed by atoms with Gasteiger partial charge in [-0.05, 0) is 60.7 Å². The second kappa shape index (κ2) is 7.51. The molecule has 1 aliphatic heterocycles. The minimum absolute atomic E-state index is 0.150. The van der Waals surface area contributed by atoms with Gasteiger partial charge in [0.25, 0.3) is 5.91 Å². The fourth-order valence-electron chi connectivity index (χ4n) is 3.54. The smallest absolute Gasteiger partial charge is 0.305 e. The zero-order valence-corrected chi connectivity index (χ0v) is 19.2. The molecule has 0 bridgehead atoms. The van der Waals surface area contributed by atoms with Gasteiger partial charge >= 0.3 is 6.03 Å². The molecule has 1 aliphatic rings. The van der Waals surface area contributed by atoms with Crippen molar-refractivity contribution < 1.29 is 14.0 Å². The summed E-state index contributed by atoms with van der Waals surface area (Å²) in [5.41, 5.74) is 0.990. The number of anilines is 1. The van der Waals surface area contributed by atoms with Crippen molar-refractivity contribution >= 4 is 33.6 Å². The number of urea groups is 1. The number of carbonyl (C=O) groups excluding carboxylic acids is 2. The van der Waals surface area contributed by atoms with E-state index in [1.807, 2.05) is 20.8 Å². The normalized spacial score (nSPS) is 16.2. The van der Waals surface area contributed by atoms with Gasteiger partial charge in [0.05, 0.1) is 17.3 Å². The number of hydrogen-bond donors (Lipinski definition) is 0. The average Bonchev–Trinajstić information content (AvgIpc) is 2.82. The number of imide groups is 1. The van der Waals surface area contributed by atoms with E-state index >= 15 is 0 Å². The number of hydrogen-bond acceptors (Lipinski definition) is 3. The summed E-state index contributed by atoms with van der Waals surface area (Å²) in [6, 6.07) is 11.0. The predicted octanol–water partition coefficient (Wildman–Crippen LogP) is 5.50. The molecular weight excluding hydrogens is 449 g/mol. The van der Waals surface area contributed by atoms with E-state index in [9.17, 15) is 19.2 Å². The molecule has 0 atom stereocenters. The van der Waals surface area contributed by atoms with Crippen molar-refractivity contribution in [2.45, 2.75) is 52.1 Å². The first-order valence-electron chi connectivity index (χ1n) is 9.52. The molecule has 0 aliphatic carbocycles. The summed E-state index contributed by atoms with van der Waals surface area (Å²) in [5, 5.41) is 9.44. The molecule has 1 fully saturated rings. The lowest BCUT2D eigenvalue weighted by Gasteiger charge is -2.28. The lowest BCUT2D eigenvalue weighted by molar-refractivity contribution is -0.123. The molecule has 0 N–H and O–H groups in total. The van der Waals surface area contributed by atoms with E-state index in [0.29, 0.717) is 21.3 Å². The third-order valence-electron chi connectivity index (χ3n) is 5.36. The SMILES string of the molecule is CC(C)(C)c1cc(N2C(=O)N(Cc3ccc(F)cc3Br)C(C)(C)C2=O)ccc1C#N. The molecule has 7 heteroatoms. The van der Waals surface area contributed by atoms with E-state index in [0.717, 1.165) is 10.5 Å². The Morgan fingerprint density at radius 1 is 1.13 bits per heavy atom. The first-order chi connectivity index (χ1) is 13.9. The van der Waals surface area contributed by atoms with Crippen LogP contribution in [-0.4, -0.2) is 22.4 Å². The number of nitriles is 1.